The quantitative estimate of drug-likeness (QED) is 0.742. The summed E-state index contributed by atoms with van der Waals surface area (Å²) < 4.78 is 5.36. The molecule has 27 heavy (non-hydrogen) atoms. The molecule has 0 saturated carbocycles. The van der Waals surface area contributed by atoms with Gasteiger partial charge in [0.2, 0.25) is 5.91 Å². The molecule has 2 N–H and O–H groups in total. The molecule has 1 aromatic heterocycles. The molecule has 8 heteroatoms. The molecule has 0 aromatic carbocycles. The van der Waals surface area contributed by atoms with Crippen LogP contribution in [0.25, 0.3) is 0 Å². The number of nitrogens with zero attached hydrogens (tertiary/aromatic N) is 2. The normalized spacial score (nSPS) is 20.8. The van der Waals surface area contributed by atoms with E-state index < -0.39 is 0 Å². The monoisotopic (exact) mass is 418 g/mol. The van der Waals surface area contributed by atoms with Gasteiger partial charge in [-0.15, -0.1) is 24.8 Å². The van der Waals surface area contributed by atoms with Crippen LogP contribution >= 0.6 is 24.8 Å². The molecule has 154 valence electrons. The summed E-state index contributed by atoms with van der Waals surface area (Å²) in [5, 5.41) is 6.46. The van der Waals surface area contributed by atoms with Gasteiger partial charge in [-0.25, -0.2) is 4.98 Å². The Balaban J connectivity index is 0.00000182. The van der Waals surface area contributed by atoms with Crippen molar-refractivity contribution in [2.45, 2.75) is 32.7 Å². The summed E-state index contributed by atoms with van der Waals surface area (Å²) in [5.41, 5.74) is 1.04. The standard InChI is InChI=1S/C19H30N4O2.2ClH/c1-15(17-3-2-6-20-14-17)11-19(24)22-13-16-4-5-18(21-12-16)23-7-9-25-10-8-23;;/h4-5,12,15,17,20H,2-3,6-11,13-14H2,1H3,(H,22,24);2*1H. The molecule has 0 radical (unpaired) electrons. The Labute approximate surface area is 174 Å². The SMILES string of the molecule is CC(CC(=O)NCc1ccc(N2CCOCC2)nc1)C1CCCNC1.Cl.Cl. The first-order chi connectivity index (χ1) is 12.2. The molecule has 2 saturated heterocycles. The third kappa shape index (κ3) is 7.45. The van der Waals surface area contributed by atoms with Crippen molar-refractivity contribution in [1.29, 1.82) is 0 Å². The fraction of sp³-hybridized carbons (Fsp3) is 0.684. The lowest BCUT2D eigenvalue weighted by Crippen LogP contribution is -2.36. The number of carbonyl (C=O) groups is 1. The largest absolute Gasteiger partial charge is 0.378 e. The number of piperidine rings is 1. The van der Waals surface area contributed by atoms with Crippen LogP contribution in [-0.2, 0) is 16.1 Å². The van der Waals surface area contributed by atoms with E-state index >= 15 is 0 Å². The number of amides is 1. The Hall–Kier alpha value is -1.08. The number of rotatable bonds is 6. The number of aromatic nitrogens is 1. The van der Waals surface area contributed by atoms with Gasteiger partial charge in [0, 0.05) is 32.3 Å². The number of nitrogens with one attached hydrogen (secondary N) is 2. The van der Waals surface area contributed by atoms with Crippen LogP contribution in [0.3, 0.4) is 0 Å². The van der Waals surface area contributed by atoms with Gasteiger partial charge in [-0.05, 0) is 49.4 Å². The number of halogens is 2. The Kier molecular flexibility index (Phi) is 11.0. The molecule has 1 aromatic rings. The van der Waals surface area contributed by atoms with Crippen molar-refractivity contribution in [3.05, 3.63) is 23.9 Å². The molecule has 2 aliphatic heterocycles. The van der Waals surface area contributed by atoms with Crippen molar-refractivity contribution in [1.82, 2.24) is 15.6 Å². The molecular weight excluding hydrogens is 387 g/mol. The highest BCUT2D eigenvalue weighted by Gasteiger charge is 2.21. The van der Waals surface area contributed by atoms with Gasteiger partial charge in [0.25, 0.3) is 0 Å². The summed E-state index contributed by atoms with van der Waals surface area (Å²) in [6.45, 7) is 8.18. The maximum Gasteiger partial charge on any atom is 0.220 e. The Morgan fingerprint density at radius 2 is 2.15 bits per heavy atom. The predicted octanol–water partition coefficient (Wildman–Crippen LogP) is 2.40. The first kappa shape index (κ1) is 24.0. The van der Waals surface area contributed by atoms with Crippen LogP contribution in [0.4, 0.5) is 5.82 Å². The van der Waals surface area contributed by atoms with Gasteiger partial charge in [0.05, 0.1) is 13.2 Å². The number of carbonyl (C=O) groups excluding carboxylic acids is 1. The third-order valence-corrected chi connectivity index (χ3v) is 5.28. The zero-order chi connectivity index (χ0) is 17.5. The number of hydrogen-bond donors (Lipinski definition) is 2. The third-order valence-electron chi connectivity index (χ3n) is 5.28. The number of morpholine rings is 1. The number of ether oxygens (including phenoxy) is 1. The Morgan fingerprint density at radius 1 is 1.37 bits per heavy atom. The van der Waals surface area contributed by atoms with Crippen LogP contribution < -0.4 is 15.5 Å². The van der Waals surface area contributed by atoms with E-state index in [4.69, 9.17) is 4.74 Å². The van der Waals surface area contributed by atoms with E-state index in [1.807, 2.05) is 18.3 Å². The topological polar surface area (TPSA) is 66.5 Å². The minimum absolute atomic E-state index is 0. The van der Waals surface area contributed by atoms with Crippen molar-refractivity contribution < 1.29 is 9.53 Å². The molecule has 3 rings (SSSR count). The fourth-order valence-corrected chi connectivity index (χ4v) is 3.60. The second-order valence-corrected chi connectivity index (χ2v) is 7.19. The smallest absolute Gasteiger partial charge is 0.220 e. The van der Waals surface area contributed by atoms with Crippen LogP contribution in [-0.4, -0.2) is 50.3 Å². The van der Waals surface area contributed by atoms with Gasteiger partial charge in [-0.3, -0.25) is 4.79 Å². The van der Waals surface area contributed by atoms with Crippen molar-refractivity contribution in [3.63, 3.8) is 0 Å². The van der Waals surface area contributed by atoms with Gasteiger partial charge >= 0.3 is 0 Å². The lowest BCUT2D eigenvalue weighted by molar-refractivity contribution is -0.122. The van der Waals surface area contributed by atoms with E-state index in [-0.39, 0.29) is 30.7 Å². The van der Waals surface area contributed by atoms with Gasteiger partial charge in [-0.1, -0.05) is 13.0 Å². The second kappa shape index (κ2) is 12.4. The highest BCUT2D eigenvalue weighted by molar-refractivity contribution is 5.85. The van der Waals surface area contributed by atoms with Crippen LogP contribution in [0.1, 0.15) is 31.7 Å². The fourth-order valence-electron chi connectivity index (χ4n) is 3.60. The maximum atomic E-state index is 12.2. The molecule has 2 unspecified atom stereocenters. The van der Waals surface area contributed by atoms with E-state index in [2.05, 4.69) is 27.4 Å². The Morgan fingerprint density at radius 3 is 2.78 bits per heavy atom. The molecule has 2 atom stereocenters. The Bertz CT molecular complexity index is 547. The summed E-state index contributed by atoms with van der Waals surface area (Å²) in [5.74, 6) is 2.16. The van der Waals surface area contributed by atoms with Gasteiger partial charge in [0.1, 0.15) is 5.82 Å². The molecule has 0 bridgehead atoms. The van der Waals surface area contributed by atoms with Crippen molar-refractivity contribution in [2.24, 2.45) is 11.8 Å². The van der Waals surface area contributed by atoms with Crippen LogP contribution in [0, 0.1) is 11.8 Å². The minimum atomic E-state index is 0. The lowest BCUT2D eigenvalue weighted by Gasteiger charge is -2.28. The maximum absolute atomic E-state index is 12.2. The van der Waals surface area contributed by atoms with E-state index in [0.29, 0.717) is 24.8 Å². The predicted molar refractivity (Wildman–Crippen MR) is 113 cm³/mol. The minimum Gasteiger partial charge on any atom is -0.378 e. The summed E-state index contributed by atoms with van der Waals surface area (Å²) in [6.07, 6.45) is 4.91. The first-order valence-electron chi connectivity index (χ1n) is 9.47. The number of anilines is 1. The van der Waals surface area contributed by atoms with Gasteiger partial charge in [0.15, 0.2) is 0 Å². The molecule has 0 spiro atoms. The van der Waals surface area contributed by atoms with Crippen molar-refractivity contribution in [2.75, 3.05) is 44.3 Å². The van der Waals surface area contributed by atoms with Crippen LogP contribution in [0.2, 0.25) is 0 Å². The summed E-state index contributed by atoms with van der Waals surface area (Å²) in [7, 11) is 0. The van der Waals surface area contributed by atoms with E-state index in [1.165, 1.54) is 12.8 Å². The summed E-state index contributed by atoms with van der Waals surface area (Å²) >= 11 is 0. The molecule has 0 aliphatic carbocycles. The van der Waals surface area contributed by atoms with Gasteiger partial charge < -0.3 is 20.3 Å². The van der Waals surface area contributed by atoms with Crippen molar-refractivity contribution in [3.8, 4) is 0 Å². The van der Waals surface area contributed by atoms with E-state index in [0.717, 1.165) is 50.8 Å². The van der Waals surface area contributed by atoms with Crippen LogP contribution in [0.5, 0.6) is 0 Å². The zero-order valence-corrected chi connectivity index (χ0v) is 17.6. The zero-order valence-electron chi connectivity index (χ0n) is 16.0. The second-order valence-electron chi connectivity index (χ2n) is 7.19. The van der Waals surface area contributed by atoms with Crippen LogP contribution in [0.15, 0.2) is 18.3 Å². The first-order valence-corrected chi connectivity index (χ1v) is 9.47. The highest BCUT2D eigenvalue weighted by Crippen LogP contribution is 2.22. The summed E-state index contributed by atoms with van der Waals surface area (Å²) in [4.78, 5) is 19.0. The summed E-state index contributed by atoms with van der Waals surface area (Å²) in [6, 6.07) is 4.08. The highest BCUT2D eigenvalue weighted by atomic mass is 35.5. The lowest BCUT2D eigenvalue weighted by atomic mass is 9.85. The molecule has 3 heterocycles. The molecule has 2 aliphatic rings. The van der Waals surface area contributed by atoms with Crippen molar-refractivity contribution >= 4 is 36.5 Å². The molecule has 1 amide bonds. The molecule has 2 fully saturated rings. The van der Waals surface area contributed by atoms with E-state index in [9.17, 15) is 4.79 Å². The number of hydrogen-bond acceptors (Lipinski definition) is 5. The molecular formula is C19H32Cl2N4O2. The average Bonchev–Trinajstić information content (AvgIpc) is 2.68. The number of pyridine rings is 1. The van der Waals surface area contributed by atoms with E-state index in [1.54, 1.807) is 0 Å². The van der Waals surface area contributed by atoms with Gasteiger partial charge in [-0.2, -0.15) is 0 Å². The molecule has 6 nitrogen and oxygen atoms in total. The average molecular weight is 419 g/mol.